The van der Waals surface area contributed by atoms with Crippen molar-refractivity contribution in [1.29, 1.82) is 0 Å². The molecular formula is C19H16ClN3O3S2. The van der Waals surface area contributed by atoms with Crippen LogP contribution in [0.1, 0.15) is 22.3 Å². The van der Waals surface area contributed by atoms with Gasteiger partial charge in [0, 0.05) is 17.7 Å². The van der Waals surface area contributed by atoms with Crippen molar-refractivity contribution in [2.75, 3.05) is 18.5 Å². The topological polar surface area (TPSA) is 73.3 Å². The Kier molecular flexibility index (Phi) is 5.99. The van der Waals surface area contributed by atoms with Crippen LogP contribution in [0.2, 0.25) is 5.02 Å². The summed E-state index contributed by atoms with van der Waals surface area (Å²) in [6, 6.07) is 13.3. The second-order valence-corrected chi connectivity index (χ2v) is 8.54. The van der Waals surface area contributed by atoms with Gasteiger partial charge in [0.25, 0.3) is 5.91 Å². The number of anilines is 1. The smallest absolute Gasteiger partial charge is 0.257 e. The van der Waals surface area contributed by atoms with Crippen molar-refractivity contribution in [1.82, 2.24) is 10.2 Å². The van der Waals surface area contributed by atoms with E-state index >= 15 is 0 Å². The van der Waals surface area contributed by atoms with Crippen LogP contribution in [0.5, 0.6) is 11.5 Å². The second kappa shape index (κ2) is 8.81. The molecule has 2 aromatic carbocycles. The number of fused-ring (bicyclic) bond motifs is 1. The molecule has 0 atom stereocenters. The van der Waals surface area contributed by atoms with Gasteiger partial charge in [-0.3, -0.25) is 10.1 Å². The average molecular weight is 434 g/mol. The number of aromatic nitrogens is 2. The first-order valence-electron chi connectivity index (χ1n) is 8.60. The molecule has 0 bridgehead atoms. The first-order valence-corrected chi connectivity index (χ1v) is 10.8. The molecule has 6 nitrogen and oxygen atoms in total. The Morgan fingerprint density at radius 3 is 2.86 bits per heavy atom. The lowest BCUT2D eigenvalue weighted by Crippen LogP contribution is -2.12. The molecule has 1 N–H and O–H groups in total. The van der Waals surface area contributed by atoms with E-state index in [0.29, 0.717) is 40.4 Å². The number of benzene rings is 2. The SMILES string of the molecule is O=C(Nc1nnc(SCc2ccccc2)s1)c1cc(Cl)c2c(c1)OCCCO2. The Hall–Kier alpha value is -2.29. The predicted octanol–water partition coefficient (Wildman–Crippen LogP) is 4.90. The minimum Gasteiger partial charge on any atom is -0.489 e. The number of carbonyl (C=O) groups excluding carboxylic acids is 1. The van der Waals surface area contributed by atoms with Crippen molar-refractivity contribution in [3.63, 3.8) is 0 Å². The zero-order valence-electron chi connectivity index (χ0n) is 14.7. The van der Waals surface area contributed by atoms with E-state index in [1.165, 1.54) is 16.9 Å². The van der Waals surface area contributed by atoms with Gasteiger partial charge in [-0.2, -0.15) is 0 Å². The molecule has 144 valence electrons. The van der Waals surface area contributed by atoms with Crippen LogP contribution in [-0.2, 0) is 5.75 Å². The third-order valence-corrected chi connectivity index (χ3v) is 6.22. The summed E-state index contributed by atoms with van der Waals surface area (Å²) >= 11 is 9.16. The summed E-state index contributed by atoms with van der Waals surface area (Å²) in [4.78, 5) is 12.6. The fourth-order valence-electron chi connectivity index (χ4n) is 2.57. The fourth-order valence-corrected chi connectivity index (χ4v) is 4.54. The highest BCUT2D eigenvalue weighted by Gasteiger charge is 2.19. The number of carbonyl (C=O) groups is 1. The van der Waals surface area contributed by atoms with Gasteiger partial charge in [-0.1, -0.05) is 65.0 Å². The number of nitrogens with zero attached hydrogens (tertiary/aromatic N) is 2. The van der Waals surface area contributed by atoms with Gasteiger partial charge in [-0.25, -0.2) is 0 Å². The summed E-state index contributed by atoms with van der Waals surface area (Å²) in [7, 11) is 0. The molecule has 1 aliphatic heterocycles. The van der Waals surface area contributed by atoms with E-state index in [1.54, 1.807) is 23.9 Å². The van der Waals surface area contributed by atoms with Crippen molar-refractivity contribution < 1.29 is 14.3 Å². The summed E-state index contributed by atoms with van der Waals surface area (Å²) in [6.07, 6.45) is 0.765. The van der Waals surface area contributed by atoms with Crippen LogP contribution in [0.15, 0.2) is 46.8 Å². The van der Waals surface area contributed by atoms with Gasteiger partial charge in [0.1, 0.15) is 0 Å². The Labute approximate surface area is 175 Å². The van der Waals surface area contributed by atoms with Crippen LogP contribution in [0.3, 0.4) is 0 Å². The number of rotatable bonds is 5. The molecule has 0 spiro atoms. The van der Waals surface area contributed by atoms with E-state index in [9.17, 15) is 4.79 Å². The van der Waals surface area contributed by atoms with Gasteiger partial charge >= 0.3 is 0 Å². The lowest BCUT2D eigenvalue weighted by molar-refractivity contribution is 0.102. The van der Waals surface area contributed by atoms with Crippen LogP contribution in [0, 0.1) is 0 Å². The molecule has 3 aromatic rings. The molecule has 4 rings (SSSR count). The van der Waals surface area contributed by atoms with Crippen LogP contribution < -0.4 is 14.8 Å². The molecule has 1 aromatic heterocycles. The molecule has 28 heavy (non-hydrogen) atoms. The van der Waals surface area contributed by atoms with Crippen molar-refractivity contribution in [3.05, 3.63) is 58.6 Å². The van der Waals surface area contributed by atoms with Gasteiger partial charge in [0.05, 0.1) is 18.2 Å². The molecule has 0 radical (unpaired) electrons. The van der Waals surface area contributed by atoms with Crippen molar-refractivity contribution in [2.45, 2.75) is 16.5 Å². The van der Waals surface area contributed by atoms with Gasteiger partial charge in [-0.05, 0) is 17.7 Å². The largest absolute Gasteiger partial charge is 0.489 e. The summed E-state index contributed by atoms with van der Waals surface area (Å²) in [5, 5.41) is 11.7. The van der Waals surface area contributed by atoms with Gasteiger partial charge in [-0.15, -0.1) is 10.2 Å². The highest BCUT2D eigenvalue weighted by molar-refractivity contribution is 8.00. The maximum atomic E-state index is 12.6. The lowest BCUT2D eigenvalue weighted by atomic mass is 10.2. The molecule has 2 heterocycles. The maximum Gasteiger partial charge on any atom is 0.257 e. The summed E-state index contributed by atoms with van der Waals surface area (Å²) in [6.45, 7) is 1.05. The number of nitrogens with one attached hydrogen (secondary N) is 1. The van der Waals surface area contributed by atoms with Crippen molar-refractivity contribution >= 4 is 45.7 Å². The summed E-state index contributed by atoms with van der Waals surface area (Å²) in [5.41, 5.74) is 1.58. The van der Waals surface area contributed by atoms with Crippen LogP contribution in [0.25, 0.3) is 0 Å². The predicted molar refractivity (Wildman–Crippen MR) is 111 cm³/mol. The zero-order chi connectivity index (χ0) is 19.3. The monoisotopic (exact) mass is 433 g/mol. The van der Waals surface area contributed by atoms with Gasteiger partial charge in [0.15, 0.2) is 15.8 Å². The third-order valence-electron chi connectivity index (χ3n) is 3.90. The fraction of sp³-hybridized carbons (Fsp3) is 0.211. The Morgan fingerprint density at radius 1 is 1.18 bits per heavy atom. The number of hydrogen-bond donors (Lipinski definition) is 1. The maximum absolute atomic E-state index is 12.6. The molecule has 0 unspecified atom stereocenters. The van der Waals surface area contributed by atoms with Gasteiger partial charge < -0.3 is 9.47 Å². The quantitative estimate of drug-likeness (QED) is 0.455. The van der Waals surface area contributed by atoms with E-state index in [1.807, 2.05) is 18.2 Å². The second-order valence-electron chi connectivity index (χ2n) is 5.94. The van der Waals surface area contributed by atoms with Crippen molar-refractivity contribution in [2.24, 2.45) is 0 Å². The molecule has 0 aliphatic carbocycles. The number of thioether (sulfide) groups is 1. The van der Waals surface area contributed by atoms with E-state index in [0.717, 1.165) is 16.5 Å². The van der Waals surface area contributed by atoms with E-state index in [2.05, 4.69) is 27.6 Å². The number of hydrogen-bond acceptors (Lipinski definition) is 7. The first-order chi connectivity index (χ1) is 13.7. The van der Waals surface area contributed by atoms with Crippen LogP contribution >= 0.6 is 34.7 Å². The molecule has 0 fully saturated rings. The Morgan fingerprint density at radius 2 is 2.00 bits per heavy atom. The highest BCUT2D eigenvalue weighted by atomic mass is 35.5. The van der Waals surface area contributed by atoms with E-state index < -0.39 is 0 Å². The standard InChI is InChI=1S/C19H16ClN3O3S2/c20-14-9-13(10-15-16(14)26-8-4-7-25-15)17(24)21-18-22-23-19(28-18)27-11-12-5-2-1-3-6-12/h1-3,5-6,9-10H,4,7-8,11H2,(H,21,22,24). The van der Waals surface area contributed by atoms with E-state index in [4.69, 9.17) is 21.1 Å². The number of halogens is 1. The molecular weight excluding hydrogens is 418 g/mol. The Bertz CT molecular complexity index is 982. The minimum atomic E-state index is -0.326. The van der Waals surface area contributed by atoms with Crippen LogP contribution in [0.4, 0.5) is 5.13 Å². The van der Waals surface area contributed by atoms with Gasteiger partial charge in [0.2, 0.25) is 5.13 Å². The average Bonchev–Trinajstić information content (AvgIpc) is 3.01. The Balaban J connectivity index is 1.42. The molecule has 1 aliphatic rings. The lowest BCUT2D eigenvalue weighted by Gasteiger charge is -2.11. The normalized spacial score (nSPS) is 13.0. The molecule has 0 saturated carbocycles. The van der Waals surface area contributed by atoms with E-state index in [-0.39, 0.29) is 5.91 Å². The summed E-state index contributed by atoms with van der Waals surface area (Å²) in [5.74, 6) is 1.42. The number of amides is 1. The molecule has 9 heteroatoms. The highest BCUT2D eigenvalue weighted by Crippen LogP contribution is 2.38. The number of ether oxygens (including phenoxy) is 2. The molecule has 0 saturated heterocycles. The summed E-state index contributed by atoms with van der Waals surface area (Å²) < 4.78 is 12.0. The van der Waals surface area contributed by atoms with Crippen molar-refractivity contribution in [3.8, 4) is 11.5 Å². The first kappa shape index (κ1) is 19.0. The third kappa shape index (κ3) is 4.57. The van der Waals surface area contributed by atoms with Crippen LogP contribution in [-0.4, -0.2) is 29.3 Å². The zero-order valence-corrected chi connectivity index (χ0v) is 17.1. The minimum absolute atomic E-state index is 0.326. The molecule has 1 amide bonds.